The predicted octanol–water partition coefficient (Wildman–Crippen LogP) is 2.24. The molecule has 0 radical (unpaired) electrons. The van der Waals surface area contributed by atoms with Gasteiger partial charge in [-0.15, -0.1) is 0 Å². The molecule has 0 spiro atoms. The van der Waals surface area contributed by atoms with Gasteiger partial charge in [-0.25, -0.2) is 4.98 Å². The van der Waals surface area contributed by atoms with Crippen molar-refractivity contribution in [1.29, 1.82) is 0 Å². The van der Waals surface area contributed by atoms with Gasteiger partial charge < -0.3 is 4.42 Å². The van der Waals surface area contributed by atoms with Crippen LogP contribution in [0.5, 0.6) is 0 Å². The standard InChI is InChI=1S/C7H3F3N2O/c8-7(9,10)6-11-3-4-1-2-13-5(4)12-6/h1-3H. The molecule has 6 heteroatoms. The van der Waals surface area contributed by atoms with Crippen LogP contribution in [0.1, 0.15) is 5.82 Å². The van der Waals surface area contributed by atoms with Crippen LogP contribution in [0.2, 0.25) is 0 Å². The second kappa shape index (κ2) is 2.45. The fourth-order valence-electron chi connectivity index (χ4n) is 0.893. The molecule has 2 aromatic rings. The molecule has 0 atom stereocenters. The van der Waals surface area contributed by atoms with Gasteiger partial charge in [0, 0.05) is 6.20 Å². The number of hydrogen-bond donors (Lipinski definition) is 0. The molecule has 0 N–H and O–H groups in total. The summed E-state index contributed by atoms with van der Waals surface area (Å²) in [6.07, 6.45) is -2.19. The lowest BCUT2D eigenvalue weighted by Gasteiger charge is -2.02. The van der Waals surface area contributed by atoms with Gasteiger partial charge in [0.2, 0.25) is 11.5 Å². The first-order valence-electron chi connectivity index (χ1n) is 3.35. The Kier molecular flexibility index (Phi) is 1.51. The molecule has 0 saturated heterocycles. The van der Waals surface area contributed by atoms with E-state index in [4.69, 9.17) is 4.42 Å². The molecule has 2 aromatic heterocycles. The Hall–Kier alpha value is -1.59. The van der Waals surface area contributed by atoms with Crippen LogP contribution in [-0.2, 0) is 6.18 Å². The number of nitrogens with zero attached hydrogens (tertiary/aromatic N) is 2. The highest BCUT2D eigenvalue weighted by Crippen LogP contribution is 2.26. The summed E-state index contributed by atoms with van der Waals surface area (Å²) in [6, 6.07) is 1.50. The number of rotatable bonds is 0. The molecule has 0 bridgehead atoms. The number of alkyl halides is 3. The van der Waals surface area contributed by atoms with Crippen LogP contribution in [-0.4, -0.2) is 9.97 Å². The second-order valence-electron chi connectivity index (χ2n) is 2.37. The Balaban J connectivity index is 2.61. The Morgan fingerprint density at radius 3 is 2.77 bits per heavy atom. The smallest absolute Gasteiger partial charge is 0.446 e. The van der Waals surface area contributed by atoms with Crippen molar-refractivity contribution < 1.29 is 17.6 Å². The number of aromatic nitrogens is 2. The first-order chi connectivity index (χ1) is 6.07. The van der Waals surface area contributed by atoms with Crippen molar-refractivity contribution in [3.63, 3.8) is 0 Å². The van der Waals surface area contributed by atoms with Gasteiger partial charge in [-0.3, -0.25) is 0 Å². The van der Waals surface area contributed by atoms with Crippen LogP contribution in [0.25, 0.3) is 11.1 Å². The van der Waals surface area contributed by atoms with Crippen LogP contribution in [0.3, 0.4) is 0 Å². The quantitative estimate of drug-likeness (QED) is 0.636. The Morgan fingerprint density at radius 1 is 1.31 bits per heavy atom. The highest BCUT2D eigenvalue weighted by molar-refractivity contribution is 5.71. The van der Waals surface area contributed by atoms with Crippen molar-refractivity contribution in [3.05, 3.63) is 24.4 Å². The summed E-state index contributed by atoms with van der Waals surface area (Å²) in [5, 5.41) is 0.452. The van der Waals surface area contributed by atoms with Crippen LogP contribution in [0.4, 0.5) is 13.2 Å². The van der Waals surface area contributed by atoms with Gasteiger partial charge in [-0.2, -0.15) is 18.2 Å². The lowest BCUT2D eigenvalue weighted by molar-refractivity contribution is -0.144. The number of furan rings is 1. The Bertz CT molecular complexity index is 434. The average Bonchev–Trinajstić information content (AvgIpc) is 2.47. The number of fused-ring (bicyclic) bond motifs is 1. The first-order valence-corrected chi connectivity index (χ1v) is 3.35. The van der Waals surface area contributed by atoms with E-state index < -0.39 is 12.0 Å². The maximum atomic E-state index is 12.1. The summed E-state index contributed by atoms with van der Waals surface area (Å²) in [6.45, 7) is 0. The van der Waals surface area contributed by atoms with E-state index in [1.165, 1.54) is 12.3 Å². The Morgan fingerprint density at radius 2 is 2.08 bits per heavy atom. The lowest BCUT2D eigenvalue weighted by atomic mass is 10.4. The molecule has 13 heavy (non-hydrogen) atoms. The zero-order valence-electron chi connectivity index (χ0n) is 6.17. The molecule has 0 aliphatic rings. The Labute approximate surface area is 70.2 Å². The molecule has 3 nitrogen and oxygen atoms in total. The summed E-state index contributed by atoms with van der Waals surface area (Å²) in [4.78, 5) is 6.36. The number of halogens is 3. The van der Waals surface area contributed by atoms with E-state index in [2.05, 4.69) is 9.97 Å². The van der Waals surface area contributed by atoms with Gasteiger partial charge >= 0.3 is 6.18 Å². The van der Waals surface area contributed by atoms with Crippen molar-refractivity contribution in [2.45, 2.75) is 6.18 Å². The van der Waals surface area contributed by atoms with E-state index in [9.17, 15) is 13.2 Å². The van der Waals surface area contributed by atoms with Crippen LogP contribution in [0, 0.1) is 0 Å². The monoisotopic (exact) mass is 188 g/mol. The molecule has 68 valence electrons. The van der Waals surface area contributed by atoms with E-state index in [0.717, 1.165) is 6.20 Å². The minimum absolute atomic E-state index is 0.0534. The van der Waals surface area contributed by atoms with Gasteiger partial charge in [-0.05, 0) is 6.07 Å². The minimum atomic E-state index is -4.53. The molecular formula is C7H3F3N2O. The van der Waals surface area contributed by atoms with E-state index >= 15 is 0 Å². The van der Waals surface area contributed by atoms with Gasteiger partial charge in [0.1, 0.15) is 0 Å². The number of hydrogen-bond acceptors (Lipinski definition) is 3. The predicted molar refractivity (Wildman–Crippen MR) is 36.8 cm³/mol. The largest absolute Gasteiger partial charge is 0.451 e. The van der Waals surface area contributed by atoms with Crippen LogP contribution < -0.4 is 0 Å². The fourth-order valence-corrected chi connectivity index (χ4v) is 0.893. The first kappa shape index (κ1) is 8.03. The van der Waals surface area contributed by atoms with Crippen molar-refractivity contribution in [1.82, 2.24) is 9.97 Å². The minimum Gasteiger partial charge on any atom is -0.446 e. The molecule has 0 aromatic carbocycles. The van der Waals surface area contributed by atoms with Crippen molar-refractivity contribution >= 4 is 11.1 Å². The molecule has 0 amide bonds. The van der Waals surface area contributed by atoms with Crippen molar-refractivity contribution in [2.75, 3.05) is 0 Å². The van der Waals surface area contributed by atoms with Gasteiger partial charge in [0.05, 0.1) is 11.6 Å². The third kappa shape index (κ3) is 1.34. The zero-order valence-corrected chi connectivity index (χ0v) is 6.17. The zero-order chi connectivity index (χ0) is 9.47. The fraction of sp³-hybridized carbons (Fsp3) is 0.143. The maximum absolute atomic E-state index is 12.1. The summed E-state index contributed by atoms with van der Waals surface area (Å²) in [5.74, 6) is -1.19. The summed E-state index contributed by atoms with van der Waals surface area (Å²) in [5.41, 5.74) is -0.0534. The normalized spacial score (nSPS) is 12.2. The second-order valence-corrected chi connectivity index (χ2v) is 2.37. The summed E-state index contributed by atoms with van der Waals surface area (Å²) in [7, 11) is 0. The van der Waals surface area contributed by atoms with Crippen molar-refractivity contribution in [3.8, 4) is 0 Å². The lowest BCUT2D eigenvalue weighted by Crippen LogP contribution is -2.10. The van der Waals surface area contributed by atoms with E-state index in [1.54, 1.807) is 0 Å². The van der Waals surface area contributed by atoms with E-state index in [-0.39, 0.29) is 5.71 Å². The molecule has 2 rings (SSSR count). The maximum Gasteiger partial charge on any atom is 0.451 e. The molecule has 0 fully saturated rings. The molecule has 0 aliphatic carbocycles. The van der Waals surface area contributed by atoms with Gasteiger partial charge in [-0.1, -0.05) is 0 Å². The SMILES string of the molecule is FC(F)(F)c1ncc2ccoc2n1. The van der Waals surface area contributed by atoms with E-state index in [0.29, 0.717) is 5.39 Å². The van der Waals surface area contributed by atoms with Crippen LogP contribution in [0.15, 0.2) is 22.9 Å². The molecule has 2 heterocycles. The summed E-state index contributed by atoms with van der Waals surface area (Å²) < 4.78 is 40.9. The van der Waals surface area contributed by atoms with Gasteiger partial charge in [0.15, 0.2) is 0 Å². The third-order valence-electron chi connectivity index (χ3n) is 1.46. The van der Waals surface area contributed by atoms with Crippen molar-refractivity contribution in [2.24, 2.45) is 0 Å². The van der Waals surface area contributed by atoms with E-state index in [1.807, 2.05) is 0 Å². The summed E-state index contributed by atoms with van der Waals surface area (Å²) >= 11 is 0. The van der Waals surface area contributed by atoms with Crippen LogP contribution >= 0.6 is 0 Å². The van der Waals surface area contributed by atoms with Gasteiger partial charge in [0.25, 0.3) is 0 Å². The highest BCUT2D eigenvalue weighted by Gasteiger charge is 2.34. The molecular weight excluding hydrogens is 185 g/mol. The average molecular weight is 188 g/mol. The topological polar surface area (TPSA) is 38.9 Å². The third-order valence-corrected chi connectivity index (χ3v) is 1.46. The molecule has 0 unspecified atom stereocenters. The highest BCUT2D eigenvalue weighted by atomic mass is 19.4. The molecule has 0 aliphatic heterocycles. The molecule has 0 saturated carbocycles.